The van der Waals surface area contributed by atoms with Crippen molar-refractivity contribution in [3.05, 3.63) is 11.9 Å². The molecule has 1 aromatic heterocycles. The fraction of sp³-hybridized carbons (Fsp3) is 0.812. The zero-order valence-electron chi connectivity index (χ0n) is 13.8. The molecule has 0 aromatic carbocycles. The highest BCUT2D eigenvalue weighted by atomic mass is 16.5. The average Bonchev–Trinajstić information content (AvgIpc) is 3.08. The van der Waals surface area contributed by atoms with Gasteiger partial charge in [0, 0.05) is 19.1 Å². The van der Waals surface area contributed by atoms with E-state index in [1.807, 2.05) is 6.20 Å². The summed E-state index contributed by atoms with van der Waals surface area (Å²) in [5.41, 5.74) is 1.18. The van der Waals surface area contributed by atoms with E-state index in [2.05, 4.69) is 35.9 Å². The van der Waals surface area contributed by atoms with Crippen LogP contribution >= 0.6 is 0 Å². The maximum atomic E-state index is 5.79. The zero-order chi connectivity index (χ0) is 15.2. The van der Waals surface area contributed by atoms with E-state index in [0.717, 1.165) is 44.7 Å². The second-order valence-corrected chi connectivity index (χ2v) is 5.78. The Kier molecular flexibility index (Phi) is 6.06. The van der Waals surface area contributed by atoms with Crippen molar-refractivity contribution < 1.29 is 9.47 Å². The van der Waals surface area contributed by atoms with E-state index in [4.69, 9.17) is 9.47 Å². The summed E-state index contributed by atoms with van der Waals surface area (Å²) in [6, 6.07) is 0.242. The first kappa shape index (κ1) is 16.3. The van der Waals surface area contributed by atoms with Gasteiger partial charge >= 0.3 is 0 Å². The molecule has 0 spiro atoms. The molecule has 0 saturated carbocycles. The van der Waals surface area contributed by atoms with E-state index in [1.54, 1.807) is 7.11 Å². The Balaban J connectivity index is 2.32. The maximum absolute atomic E-state index is 5.79. The smallest absolute Gasteiger partial charge is 0.161 e. The molecule has 2 heterocycles. The number of nitrogens with one attached hydrogen (secondary N) is 1. The lowest BCUT2D eigenvalue weighted by Gasteiger charge is -2.28. The van der Waals surface area contributed by atoms with E-state index in [1.165, 1.54) is 5.69 Å². The Morgan fingerprint density at radius 1 is 1.48 bits per heavy atom. The monoisotopic (exact) mass is 295 g/mol. The highest BCUT2D eigenvalue weighted by Crippen LogP contribution is 2.37. The number of methoxy groups -OCH3 is 1. The van der Waals surface area contributed by atoms with E-state index >= 15 is 0 Å². The molecular weight excluding hydrogens is 266 g/mol. The maximum Gasteiger partial charge on any atom is 0.161 e. The predicted octanol–water partition coefficient (Wildman–Crippen LogP) is 2.77. The number of hydrogen-bond donors (Lipinski definition) is 1. The second-order valence-electron chi connectivity index (χ2n) is 5.78. The van der Waals surface area contributed by atoms with E-state index in [-0.39, 0.29) is 12.1 Å². The third-order valence-corrected chi connectivity index (χ3v) is 4.27. The fourth-order valence-corrected chi connectivity index (χ4v) is 3.18. The minimum atomic E-state index is 0.242. The van der Waals surface area contributed by atoms with Crippen molar-refractivity contribution >= 4 is 0 Å². The molecular formula is C16H29N3O2. The van der Waals surface area contributed by atoms with Crippen molar-refractivity contribution in [3.63, 3.8) is 0 Å². The van der Waals surface area contributed by atoms with Gasteiger partial charge in [0.2, 0.25) is 0 Å². The van der Waals surface area contributed by atoms with Crippen LogP contribution in [0.5, 0.6) is 5.75 Å². The predicted molar refractivity (Wildman–Crippen MR) is 83.6 cm³/mol. The standard InChI is InChI=1S/C16H29N3O2/c1-5-8-17-15(13-7-10-21-12(13)3)16-14(20-4)11-18-19(16)9-6-2/h11-13,15,17H,5-10H2,1-4H3. The van der Waals surface area contributed by atoms with E-state index in [9.17, 15) is 0 Å². The number of hydrogen-bond acceptors (Lipinski definition) is 4. The minimum Gasteiger partial charge on any atom is -0.493 e. The van der Waals surface area contributed by atoms with Gasteiger partial charge in [-0.3, -0.25) is 4.68 Å². The van der Waals surface area contributed by atoms with Crippen LogP contribution in [0.25, 0.3) is 0 Å². The molecule has 1 fully saturated rings. The average molecular weight is 295 g/mol. The van der Waals surface area contributed by atoms with Gasteiger partial charge in [0.25, 0.3) is 0 Å². The third kappa shape index (κ3) is 3.58. The van der Waals surface area contributed by atoms with Crippen molar-refractivity contribution in [1.29, 1.82) is 0 Å². The highest BCUT2D eigenvalue weighted by molar-refractivity contribution is 5.29. The molecule has 0 bridgehead atoms. The Morgan fingerprint density at radius 2 is 2.29 bits per heavy atom. The van der Waals surface area contributed by atoms with Crippen molar-refractivity contribution in [2.45, 2.75) is 58.7 Å². The van der Waals surface area contributed by atoms with Gasteiger partial charge in [0.1, 0.15) is 0 Å². The Bertz CT molecular complexity index is 433. The first-order valence-corrected chi connectivity index (χ1v) is 8.17. The van der Waals surface area contributed by atoms with E-state index in [0.29, 0.717) is 5.92 Å². The van der Waals surface area contributed by atoms with Gasteiger partial charge in [-0.05, 0) is 32.7 Å². The normalized spacial score (nSPS) is 23.4. The van der Waals surface area contributed by atoms with Crippen molar-refractivity contribution in [1.82, 2.24) is 15.1 Å². The molecule has 5 heteroatoms. The van der Waals surface area contributed by atoms with Crippen LogP contribution < -0.4 is 10.1 Å². The number of aromatic nitrogens is 2. The topological polar surface area (TPSA) is 48.3 Å². The molecule has 1 aliphatic heterocycles. The van der Waals surface area contributed by atoms with Crippen LogP contribution in [0.4, 0.5) is 0 Å². The molecule has 5 nitrogen and oxygen atoms in total. The van der Waals surface area contributed by atoms with Gasteiger partial charge in [-0.25, -0.2) is 0 Å². The third-order valence-electron chi connectivity index (χ3n) is 4.27. The molecule has 2 rings (SSSR count). The summed E-state index contributed by atoms with van der Waals surface area (Å²) in [6.07, 6.45) is 5.38. The molecule has 1 saturated heterocycles. The first-order valence-electron chi connectivity index (χ1n) is 8.17. The summed E-state index contributed by atoms with van der Waals surface area (Å²) in [6.45, 7) is 9.30. The Hall–Kier alpha value is -1.07. The fourth-order valence-electron chi connectivity index (χ4n) is 3.18. The van der Waals surface area contributed by atoms with Gasteiger partial charge in [0.05, 0.1) is 31.1 Å². The van der Waals surface area contributed by atoms with Crippen molar-refractivity contribution in [2.24, 2.45) is 5.92 Å². The van der Waals surface area contributed by atoms with Crippen LogP contribution in [-0.2, 0) is 11.3 Å². The summed E-state index contributed by atoms with van der Waals surface area (Å²) in [5.74, 6) is 1.36. The lowest BCUT2D eigenvalue weighted by Crippen LogP contribution is -2.34. The lowest BCUT2D eigenvalue weighted by molar-refractivity contribution is 0.0939. The van der Waals surface area contributed by atoms with Crippen LogP contribution in [-0.4, -0.2) is 36.1 Å². The quantitative estimate of drug-likeness (QED) is 0.801. The van der Waals surface area contributed by atoms with Crippen LogP contribution in [0.1, 0.15) is 51.8 Å². The van der Waals surface area contributed by atoms with Crippen LogP contribution in [0.2, 0.25) is 0 Å². The van der Waals surface area contributed by atoms with Gasteiger partial charge in [-0.1, -0.05) is 13.8 Å². The molecule has 1 aromatic rings. The number of aryl methyl sites for hydroxylation is 1. The largest absolute Gasteiger partial charge is 0.493 e. The zero-order valence-corrected chi connectivity index (χ0v) is 13.8. The molecule has 21 heavy (non-hydrogen) atoms. The number of rotatable bonds is 8. The molecule has 120 valence electrons. The van der Waals surface area contributed by atoms with Crippen molar-refractivity contribution in [2.75, 3.05) is 20.3 Å². The van der Waals surface area contributed by atoms with Gasteiger partial charge in [-0.15, -0.1) is 0 Å². The second kappa shape index (κ2) is 7.80. The van der Waals surface area contributed by atoms with Crippen molar-refractivity contribution in [3.8, 4) is 5.75 Å². The molecule has 0 radical (unpaired) electrons. The van der Waals surface area contributed by atoms with Gasteiger partial charge in [0.15, 0.2) is 5.75 Å². The first-order chi connectivity index (χ1) is 10.2. The lowest BCUT2D eigenvalue weighted by atomic mass is 9.90. The summed E-state index contributed by atoms with van der Waals surface area (Å²) in [4.78, 5) is 0. The molecule has 3 atom stereocenters. The number of nitrogens with zero attached hydrogens (tertiary/aromatic N) is 2. The summed E-state index contributed by atoms with van der Waals surface area (Å²) in [5, 5.41) is 8.21. The summed E-state index contributed by atoms with van der Waals surface area (Å²) < 4.78 is 13.4. The summed E-state index contributed by atoms with van der Waals surface area (Å²) in [7, 11) is 1.72. The van der Waals surface area contributed by atoms with Crippen LogP contribution in [0.3, 0.4) is 0 Å². The molecule has 0 amide bonds. The van der Waals surface area contributed by atoms with Gasteiger partial charge < -0.3 is 14.8 Å². The van der Waals surface area contributed by atoms with Crippen LogP contribution in [0, 0.1) is 5.92 Å². The van der Waals surface area contributed by atoms with E-state index < -0.39 is 0 Å². The summed E-state index contributed by atoms with van der Waals surface area (Å²) >= 11 is 0. The van der Waals surface area contributed by atoms with Crippen LogP contribution in [0.15, 0.2) is 6.20 Å². The molecule has 1 N–H and O–H groups in total. The Morgan fingerprint density at radius 3 is 2.86 bits per heavy atom. The van der Waals surface area contributed by atoms with Gasteiger partial charge in [-0.2, -0.15) is 5.10 Å². The molecule has 0 aliphatic carbocycles. The Labute approximate surface area is 128 Å². The molecule has 1 aliphatic rings. The minimum absolute atomic E-state index is 0.242. The highest BCUT2D eigenvalue weighted by Gasteiger charge is 2.36. The number of ether oxygens (including phenoxy) is 2. The molecule has 3 unspecified atom stereocenters. The SMILES string of the molecule is CCCNC(c1c(OC)cnn1CCC)C1CCOC1C.